The Balaban J connectivity index is 1.76. The number of rotatable bonds is 6. The number of hydrogen-bond acceptors (Lipinski definition) is 4. The molecular weight excluding hydrogens is 478 g/mol. The molecule has 0 atom stereocenters. The van der Waals surface area contributed by atoms with E-state index in [1.54, 1.807) is 4.90 Å². The van der Waals surface area contributed by atoms with Crippen molar-refractivity contribution in [3.05, 3.63) is 75.7 Å². The van der Waals surface area contributed by atoms with Crippen molar-refractivity contribution in [1.29, 1.82) is 0 Å². The third kappa shape index (κ3) is 4.43. The minimum atomic E-state index is -0.0207. The number of thiocarbonyl (C=S) groups is 1. The Morgan fingerprint density at radius 3 is 2.57 bits per heavy atom. The van der Waals surface area contributed by atoms with Crippen LogP contribution in [0.4, 0.5) is 0 Å². The fourth-order valence-electron chi connectivity index (χ4n) is 3.19. The molecule has 7 heteroatoms. The van der Waals surface area contributed by atoms with E-state index in [1.807, 2.05) is 71.6 Å². The van der Waals surface area contributed by atoms with Gasteiger partial charge in [0, 0.05) is 28.3 Å². The smallest absolute Gasteiger partial charge is 0.266 e. The van der Waals surface area contributed by atoms with Crippen LogP contribution in [0.1, 0.15) is 25.3 Å². The van der Waals surface area contributed by atoms with Crippen molar-refractivity contribution in [1.82, 2.24) is 14.7 Å². The lowest BCUT2D eigenvalue weighted by Crippen LogP contribution is -2.28. The van der Waals surface area contributed by atoms with Crippen LogP contribution < -0.4 is 0 Å². The number of carbonyl (C=O) groups is 1. The first-order valence-electron chi connectivity index (χ1n) is 9.73. The molecule has 0 spiro atoms. The molecule has 3 aromatic rings. The Bertz CT molecular complexity index is 1110. The predicted octanol–water partition coefficient (Wildman–Crippen LogP) is 6.30. The standard InChI is InChI=1S/C23H20BrN3OS2/c1-2-3-13-26-22(28)20(30-23(26)29)14-17-15-27(19-7-5-4-6-8-19)25-21(17)16-9-11-18(24)12-10-16/h4-12,14-15H,2-3,13H2,1H3. The maximum absolute atomic E-state index is 12.9. The van der Waals surface area contributed by atoms with Gasteiger partial charge in [-0.25, -0.2) is 4.68 Å². The van der Waals surface area contributed by atoms with Crippen LogP contribution in [0, 0.1) is 0 Å². The summed E-state index contributed by atoms with van der Waals surface area (Å²) in [5, 5.41) is 4.82. The molecule has 4 nitrogen and oxygen atoms in total. The van der Waals surface area contributed by atoms with E-state index in [0.29, 0.717) is 15.8 Å². The molecule has 1 amide bonds. The molecule has 0 N–H and O–H groups in total. The van der Waals surface area contributed by atoms with Crippen LogP contribution in [0.3, 0.4) is 0 Å². The van der Waals surface area contributed by atoms with E-state index < -0.39 is 0 Å². The second-order valence-corrected chi connectivity index (χ2v) is 9.50. The molecule has 1 aliphatic heterocycles. The van der Waals surface area contributed by atoms with E-state index in [-0.39, 0.29) is 5.91 Å². The first-order chi connectivity index (χ1) is 14.6. The van der Waals surface area contributed by atoms with Crippen molar-refractivity contribution in [3.8, 4) is 16.9 Å². The van der Waals surface area contributed by atoms with Gasteiger partial charge in [0.25, 0.3) is 5.91 Å². The Kier molecular flexibility index (Phi) is 6.51. The molecule has 0 unspecified atom stereocenters. The number of nitrogens with zero attached hydrogens (tertiary/aromatic N) is 3. The van der Waals surface area contributed by atoms with Gasteiger partial charge in [-0.3, -0.25) is 9.69 Å². The van der Waals surface area contributed by atoms with Gasteiger partial charge in [-0.15, -0.1) is 0 Å². The summed E-state index contributed by atoms with van der Waals surface area (Å²) in [5.74, 6) is -0.0207. The number of unbranched alkanes of at least 4 members (excludes halogenated alkanes) is 1. The van der Waals surface area contributed by atoms with Gasteiger partial charge in [0.15, 0.2) is 0 Å². The van der Waals surface area contributed by atoms with E-state index in [4.69, 9.17) is 17.3 Å². The highest BCUT2D eigenvalue weighted by Gasteiger charge is 2.31. The van der Waals surface area contributed by atoms with Gasteiger partial charge in [-0.05, 0) is 36.8 Å². The molecule has 0 radical (unpaired) electrons. The van der Waals surface area contributed by atoms with Crippen molar-refractivity contribution in [3.63, 3.8) is 0 Å². The molecule has 0 saturated carbocycles. The SMILES string of the molecule is CCCCN1C(=O)C(=Cc2cn(-c3ccccc3)nc2-c2ccc(Br)cc2)SC1=S. The summed E-state index contributed by atoms with van der Waals surface area (Å²) >= 11 is 10.3. The zero-order valence-electron chi connectivity index (χ0n) is 16.4. The molecule has 2 heterocycles. The summed E-state index contributed by atoms with van der Waals surface area (Å²) in [6, 6.07) is 18.0. The Labute approximate surface area is 194 Å². The van der Waals surface area contributed by atoms with Crippen molar-refractivity contribution >= 4 is 56.2 Å². The molecular formula is C23H20BrN3OS2. The van der Waals surface area contributed by atoms with E-state index in [0.717, 1.165) is 39.8 Å². The van der Waals surface area contributed by atoms with Crippen LogP contribution in [0.2, 0.25) is 0 Å². The van der Waals surface area contributed by atoms with Crippen LogP contribution in [0.5, 0.6) is 0 Å². The van der Waals surface area contributed by atoms with E-state index >= 15 is 0 Å². The number of benzene rings is 2. The van der Waals surface area contributed by atoms with Crippen LogP contribution in [-0.4, -0.2) is 31.5 Å². The van der Waals surface area contributed by atoms with Crippen molar-refractivity contribution in [2.75, 3.05) is 6.54 Å². The summed E-state index contributed by atoms with van der Waals surface area (Å²) < 4.78 is 3.48. The van der Waals surface area contributed by atoms with Crippen molar-refractivity contribution in [2.45, 2.75) is 19.8 Å². The lowest BCUT2D eigenvalue weighted by atomic mass is 10.1. The van der Waals surface area contributed by atoms with Gasteiger partial charge in [0.05, 0.1) is 16.3 Å². The first-order valence-corrected chi connectivity index (χ1v) is 11.7. The highest BCUT2D eigenvalue weighted by atomic mass is 79.9. The van der Waals surface area contributed by atoms with Crippen LogP contribution in [-0.2, 0) is 4.79 Å². The molecule has 0 bridgehead atoms. The molecule has 1 aromatic heterocycles. The van der Waals surface area contributed by atoms with Gasteiger partial charge in [0.2, 0.25) is 0 Å². The normalized spacial score (nSPS) is 15.4. The Hall–Kier alpha value is -2.22. The van der Waals surface area contributed by atoms with Gasteiger partial charge >= 0.3 is 0 Å². The first kappa shape index (κ1) is 21.0. The largest absolute Gasteiger partial charge is 0.293 e. The molecule has 0 aliphatic carbocycles. The van der Waals surface area contributed by atoms with E-state index in [9.17, 15) is 4.79 Å². The third-order valence-electron chi connectivity index (χ3n) is 4.78. The number of aromatic nitrogens is 2. The summed E-state index contributed by atoms with van der Waals surface area (Å²) in [6.07, 6.45) is 5.84. The summed E-state index contributed by atoms with van der Waals surface area (Å²) in [5.41, 5.74) is 3.66. The van der Waals surface area contributed by atoms with Crippen LogP contribution >= 0.6 is 39.9 Å². The minimum absolute atomic E-state index is 0.0207. The topological polar surface area (TPSA) is 38.1 Å². The molecule has 2 aromatic carbocycles. The molecule has 30 heavy (non-hydrogen) atoms. The van der Waals surface area contributed by atoms with Crippen molar-refractivity contribution in [2.24, 2.45) is 0 Å². The number of halogens is 1. The number of carbonyl (C=O) groups excluding carboxylic acids is 1. The average molecular weight is 498 g/mol. The van der Waals surface area contributed by atoms with Gasteiger partial charge in [-0.2, -0.15) is 5.10 Å². The van der Waals surface area contributed by atoms with E-state index in [2.05, 4.69) is 22.9 Å². The van der Waals surface area contributed by atoms with Gasteiger partial charge in [0.1, 0.15) is 4.32 Å². The zero-order chi connectivity index (χ0) is 21.1. The highest BCUT2D eigenvalue weighted by molar-refractivity contribution is 9.10. The molecule has 4 rings (SSSR count). The van der Waals surface area contributed by atoms with Crippen molar-refractivity contribution < 1.29 is 4.79 Å². The fourth-order valence-corrected chi connectivity index (χ4v) is 4.75. The monoisotopic (exact) mass is 497 g/mol. The number of amides is 1. The minimum Gasteiger partial charge on any atom is -0.293 e. The maximum Gasteiger partial charge on any atom is 0.266 e. The Morgan fingerprint density at radius 1 is 1.13 bits per heavy atom. The Morgan fingerprint density at radius 2 is 1.87 bits per heavy atom. The van der Waals surface area contributed by atoms with Crippen LogP contribution in [0.25, 0.3) is 23.0 Å². The summed E-state index contributed by atoms with van der Waals surface area (Å²) in [7, 11) is 0. The highest BCUT2D eigenvalue weighted by Crippen LogP contribution is 2.35. The molecule has 1 aliphatic rings. The summed E-state index contributed by atoms with van der Waals surface area (Å²) in [6.45, 7) is 2.78. The third-order valence-corrected chi connectivity index (χ3v) is 6.68. The summed E-state index contributed by atoms with van der Waals surface area (Å²) in [4.78, 5) is 15.3. The zero-order valence-corrected chi connectivity index (χ0v) is 19.6. The quantitative estimate of drug-likeness (QED) is 0.295. The molecule has 1 fully saturated rings. The lowest BCUT2D eigenvalue weighted by Gasteiger charge is -2.12. The number of para-hydroxylation sites is 1. The van der Waals surface area contributed by atoms with E-state index in [1.165, 1.54) is 11.8 Å². The lowest BCUT2D eigenvalue weighted by molar-refractivity contribution is -0.122. The number of thioether (sulfide) groups is 1. The molecule has 1 saturated heterocycles. The maximum atomic E-state index is 12.9. The predicted molar refractivity (Wildman–Crippen MR) is 131 cm³/mol. The van der Waals surface area contributed by atoms with Gasteiger partial charge in [-0.1, -0.05) is 83.6 Å². The molecule has 152 valence electrons. The average Bonchev–Trinajstić information content (AvgIpc) is 3.29. The fraction of sp³-hybridized carbons (Fsp3) is 0.174. The second-order valence-electron chi connectivity index (χ2n) is 6.91. The van der Waals surface area contributed by atoms with Gasteiger partial charge < -0.3 is 0 Å². The second kappa shape index (κ2) is 9.29. The van der Waals surface area contributed by atoms with Crippen LogP contribution in [0.15, 0.2) is 70.2 Å². The number of hydrogen-bond donors (Lipinski definition) is 0.